The molecule has 10 nitrogen and oxygen atoms in total. The summed E-state index contributed by atoms with van der Waals surface area (Å²) in [4.78, 5) is 45.2. The highest BCUT2D eigenvalue weighted by Crippen LogP contribution is 2.30. The van der Waals surface area contributed by atoms with Gasteiger partial charge in [0.15, 0.2) is 9.84 Å². The summed E-state index contributed by atoms with van der Waals surface area (Å²) in [6.07, 6.45) is 10.4. The summed E-state index contributed by atoms with van der Waals surface area (Å²) in [6, 6.07) is 16.4. The molecule has 5 rings (SSSR count). The van der Waals surface area contributed by atoms with E-state index in [0.29, 0.717) is 18.0 Å². The number of allylic oxidation sites excluding steroid dienone is 4. The Balaban J connectivity index is 1.46. The monoisotopic (exact) mass is 640 g/mol. The molecule has 3 aliphatic rings. The van der Waals surface area contributed by atoms with Gasteiger partial charge in [-0.25, -0.2) is 13.3 Å². The van der Waals surface area contributed by atoms with Crippen LogP contribution in [0, 0.1) is 6.57 Å². The van der Waals surface area contributed by atoms with Gasteiger partial charge in [0.2, 0.25) is 0 Å². The second-order valence-corrected chi connectivity index (χ2v) is 13.8. The van der Waals surface area contributed by atoms with Crippen LogP contribution < -0.4 is 9.80 Å². The molecule has 0 aliphatic carbocycles. The summed E-state index contributed by atoms with van der Waals surface area (Å²) < 4.78 is 23.8. The number of carboxylic acid groups (broad SMARTS) is 1. The summed E-state index contributed by atoms with van der Waals surface area (Å²) in [7, 11) is -2.99. The molecule has 2 saturated heterocycles. The zero-order valence-electron chi connectivity index (χ0n) is 25.7. The Morgan fingerprint density at radius 2 is 1.39 bits per heavy atom. The molecular weight excluding hydrogens is 604 g/mol. The van der Waals surface area contributed by atoms with Crippen LogP contribution in [-0.2, 0) is 24.2 Å². The zero-order valence-corrected chi connectivity index (χ0v) is 26.5. The molecule has 1 N–H and O–H groups in total. The van der Waals surface area contributed by atoms with Gasteiger partial charge in [0.05, 0.1) is 18.1 Å². The lowest BCUT2D eigenvalue weighted by molar-refractivity contribution is -0.149. The minimum absolute atomic E-state index is 0.0804. The molecule has 0 radical (unpaired) electrons. The summed E-state index contributed by atoms with van der Waals surface area (Å²) >= 11 is 0. The van der Waals surface area contributed by atoms with Gasteiger partial charge in [0, 0.05) is 43.1 Å². The van der Waals surface area contributed by atoms with Crippen molar-refractivity contribution in [2.75, 3.05) is 54.0 Å². The number of benzene rings is 2. The first-order valence-electron chi connectivity index (χ1n) is 15.2. The summed E-state index contributed by atoms with van der Waals surface area (Å²) in [5, 5.41) is 9.20. The molecule has 2 aromatic rings. The fourth-order valence-electron chi connectivity index (χ4n) is 5.91. The summed E-state index contributed by atoms with van der Waals surface area (Å²) in [5.41, 5.74) is 4.96. The Labute approximate surface area is 269 Å². The molecule has 0 unspecified atom stereocenters. The number of imide groups is 1. The first-order valence-corrected chi connectivity index (χ1v) is 17.1. The lowest BCUT2D eigenvalue weighted by Gasteiger charge is -2.29. The fourth-order valence-corrected chi connectivity index (χ4v) is 7.11. The molecule has 3 heterocycles. The number of nitrogens with zero attached hydrogens (tertiary/aromatic N) is 4. The van der Waals surface area contributed by atoms with E-state index in [-0.39, 0.29) is 28.3 Å². The standard InChI is InChI=1S/C35H36N4O6S/c1-25-30(34(42)39(24-32(40)41)35(43)33(25)36-2)8-4-5-9-31(26-10-14-28(15-11-26)37-18-6-3-7-19-37)27-12-16-29(17-13-27)38-20-22-46(44,45)23-21-38/h4-5,8-17H,3,6-7,18-24H2,1H3,(H,40,41)/b5-4+,30-8?,31-9+. The van der Waals surface area contributed by atoms with Crippen molar-refractivity contribution in [2.24, 2.45) is 0 Å². The highest BCUT2D eigenvalue weighted by Gasteiger charge is 2.36. The van der Waals surface area contributed by atoms with Crippen LogP contribution in [0.4, 0.5) is 11.4 Å². The van der Waals surface area contributed by atoms with E-state index in [2.05, 4.69) is 38.9 Å². The Kier molecular flexibility index (Phi) is 9.87. The Morgan fingerprint density at radius 1 is 0.848 bits per heavy atom. The maximum Gasteiger partial charge on any atom is 0.323 e. The second-order valence-electron chi connectivity index (χ2n) is 11.5. The first-order chi connectivity index (χ1) is 22.1. The van der Waals surface area contributed by atoms with E-state index in [1.54, 1.807) is 12.2 Å². The van der Waals surface area contributed by atoms with E-state index in [1.807, 2.05) is 30.3 Å². The number of carbonyl (C=O) groups is 3. The third-order valence-corrected chi connectivity index (χ3v) is 10.1. The van der Waals surface area contributed by atoms with Gasteiger partial charge in [-0.2, -0.15) is 0 Å². The quantitative estimate of drug-likeness (QED) is 0.194. The Morgan fingerprint density at radius 3 is 1.91 bits per heavy atom. The maximum absolute atomic E-state index is 13.0. The second kappa shape index (κ2) is 14.0. The number of sulfone groups is 1. The summed E-state index contributed by atoms with van der Waals surface area (Å²) in [5.74, 6) is -2.75. The molecule has 46 heavy (non-hydrogen) atoms. The van der Waals surface area contributed by atoms with Crippen LogP contribution in [0.3, 0.4) is 0 Å². The highest BCUT2D eigenvalue weighted by atomic mass is 32.2. The SMILES string of the molecule is [C-]#[N+]C1=C(C)C(=C/C=C/C=C(\c2ccc(N3CCCCC3)cc2)c2ccc(N3CCS(=O)(=O)CC3)cc2)C(=O)N(CC(=O)O)C1=O. The number of rotatable bonds is 8. The van der Waals surface area contributed by atoms with E-state index in [9.17, 15) is 27.9 Å². The van der Waals surface area contributed by atoms with Crippen molar-refractivity contribution in [3.63, 3.8) is 0 Å². The minimum Gasteiger partial charge on any atom is -0.480 e. The van der Waals surface area contributed by atoms with Gasteiger partial charge >= 0.3 is 5.97 Å². The van der Waals surface area contributed by atoms with Crippen LogP contribution in [0.1, 0.15) is 37.3 Å². The number of anilines is 2. The summed E-state index contributed by atoms with van der Waals surface area (Å²) in [6.45, 7) is 11.1. The number of piperidine rings is 1. The van der Waals surface area contributed by atoms with E-state index in [4.69, 9.17) is 6.57 Å². The normalized spacial score (nSPS) is 20.0. The molecule has 3 aliphatic heterocycles. The molecule has 0 spiro atoms. The molecule has 0 aromatic heterocycles. The van der Waals surface area contributed by atoms with Crippen LogP contribution in [-0.4, -0.2) is 80.4 Å². The van der Waals surface area contributed by atoms with Crippen molar-refractivity contribution in [3.8, 4) is 0 Å². The largest absolute Gasteiger partial charge is 0.480 e. The maximum atomic E-state index is 13.0. The topological polar surface area (TPSA) is 120 Å². The van der Waals surface area contributed by atoms with Gasteiger partial charge in [-0.3, -0.25) is 19.3 Å². The van der Waals surface area contributed by atoms with E-state index in [0.717, 1.165) is 35.5 Å². The Hall–Kier alpha value is -4.95. The van der Waals surface area contributed by atoms with Crippen molar-refractivity contribution in [2.45, 2.75) is 26.2 Å². The van der Waals surface area contributed by atoms with Crippen LogP contribution in [0.25, 0.3) is 10.4 Å². The third-order valence-electron chi connectivity index (χ3n) is 8.51. The average molecular weight is 641 g/mol. The van der Waals surface area contributed by atoms with Gasteiger partial charge in [-0.05, 0) is 72.7 Å². The fraction of sp³-hybridized carbons (Fsp3) is 0.314. The number of hydrogen-bond acceptors (Lipinski definition) is 7. The van der Waals surface area contributed by atoms with Crippen LogP contribution in [0.5, 0.6) is 0 Å². The van der Waals surface area contributed by atoms with Crippen LogP contribution >= 0.6 is 0 Å². The van der Waals surface area contributed by atoms with Crippen molar-refractivity contribution >= 4 is 44.6 Å². The predicted molar refractivity (Wildman–Crippen MR) is 178 cm³/mol. The zero-order chi connectivity index (χ0) is 32.8. The molecule has 2 amide bonds. The number of carbonyl (C=O) groups excluding carboxylic acids is 2. The van der Waals surface area contributed by atoms with Gasteiger partial charge in [-0.15, -0.1) is 0 Å². The van der Waals surface area contributed by atoms with Crippen molar-refractivity contribution < 1.29 is 27.9 Å². The number of aliphatic carboxylic acids is 1. The van der Waals surface area contributed by atoms with Gasteiger partial charge in [-0.1, -0.05) is 48.6 Å². The third kappa shape index (κ3) is 7.29. The number of amides is 2. The molecule has 0 saturated carbocycles. The van der Waals surface area contributed by atoms with Crippen LogP contribution in [0.2, 0.25) is 0 Å². The Bertz CT molecular complexity index is 1780. The van der Waals surface area contributed by atoms with Crippen molar-refractivity contribution in [1.29, 1.82) is 0 Å². The van der Waals surface area contributed by atoms with Gasteiger partial charge in [0.25, 0.3) is 17.5 Å². The smallest absolute Gasteiger partial charge is 0.323 e. The number of hydrogen-bond donors (Lipinski definition) is 1. The minimum atomic E-state index is -2.99. The van der Waals surface area contributed by atoms with E-state index >= 15 is 0 Å². The first kappa shape index (κ1) is 32.4. The molecule has 0 atom stereocenters. The van der Waals surface area contributed by atoms with E-state index < -0.39 is 34.2 Å². The average Bonchev–Trinajstić information content (AvgIpc) is 3.05. The molecule has 2 fully saturated rings. The lowest BCUT2D eigenvalue weighted by Crippen LogP contribution is -2.45. The lowest BCUT2D eigenvalue weighted by atomic mass is 9.96. The van der Waals surface area contributed by atoms with Gasteiger partial charge < -0.3 is 14.9 Å². The predicted octanol–water partition coefficient (Wildman–Crippen LogP) is 4.47. The molecule has 11 heteroatoms. The van der Waals surface area contributed by atoms with E-state index in [1.165, 1.54) is 37.9 Å². The number of carboxylic acids is 1. The highest BCUT2D eigenvalue weighted by molar-refractivity contribution is 7.91. The van der Waals surface area contributed by atoms with Crippen molar-refractivity contribution in [1.82, 2.24) is 4.90 Å². The van der Waals surface area contributed by atoms with Gasteiger partial charge in [0.1, 0.15) is 6.54 Å². The molecule has 238 valence electrons. The molecule has 0 bridgehead atoms. The van der Waals surface area contributed by atoms with Crippen LogP contribution in [0.15, 0.2) is 89.7 Å². The van der Waals surface area contributed by atoms with Crippen molar-refractivity contribution in [3.05, 3.63) is 112 Å². The molecule has 2 aromatic carbocycles. The molecular formula is C35H36N4O6S.